The Labute approximate surface area is 179 Å². The molecule has 7 heteroatoms. The Morgan fingerprint density at radius 3 is 2.42 bits per heavy atom. The average Bonchev–Trinajstić information content (AvgIpc) is 3.17. The summed E-state index contributed by atoms with van der Waals surface area (Å²) in [4.78, 5) is 17.0. The number of hydrogen-bond acceptors (Lipinski definition) is 2. The van der Waals surface area contributed by atoms with Gasteiger partial charge < -0.3 is 9.80 Å². The molecule has 2 aliphatic heterocycles. The van der Waals surface area contributed by atoms with Crippen LogP contribution in [-0.4, -0.2) is 48.4 Å². The summed E-state index contributed by atoms with van der Waals surface area (Å²) < 4.78 is 53.5. The second-order valence-electron chi connectivity index (χ2n) is 8.57. The summed E-state index contributed by atoms with van der Waals surface area (Å²) in [6, 6.07) is 11.0. The molecule has 0 spiro atoms. The molecule has 2 saturated heterocycles. The van der Waals surface area contributed by atoms with Crippen LogP contribution in [0, 0.1) is 11.7 Å². The van der Waals surface area contributed by atoms with Crippen LogP contribution >= 0.6 is 0 Å². The van der Waals surface area contributed by atoms with E-state index in [1.54, 1.807) is 17.0 Å². The maximum atomic E-state index is 13.6. The number of nitrogens with zero attached hydrogens (tertiary/aromatic N) is 2. The van der Waals surface area contributed by atoms with Crippen LogP contribution in [0.2, 0.25) is 0 Å². The predicted octanol–water partition coefficient (Wildman–Crippen LogP) is 5.19. The van der Waals surface area contributed by atoms with E-state index in [9.17, 15) is 22.4 Å². The minimum Gasteiger partial charge on any atom is -0.338 e. The Kier molecular flexibility index (Phi) is 6.32. The zero-order valence-corrected chi connectivity index (χ0v) is 17.2. The van der Waals surface area contributed by atoms with E-state index in [1.165, 1.54) is 36.8 Å². The third-order valence-electron chi connectivity index (χ3n) is 6.38. The van der Waals surface area contributed by atoms with Crippen molar-refractivity contribution in [3.05, 3.63) is 71.0 Å². The van der Waals surface area contributed by atoms with Crippen molar-refractivity contribution in [2.75, 3.05) is 32.7 Å². The molecule has 2 aliphatic rings. The number of carbonyl (C=O) groups excluding carboxylic acids is 1. The average molecular weight is 434 g/mol. The molecule has 0 aromatic heterocycles. The molecule has 0 unspecified atom stereocenters. The summed E-state index contributed by atoms with van der Waals surface area (Å²) >= 11 is 0. The first-order valence-corrected chi connectivity index (χ1v) is 10.8. The molecule has 3 nitrogen and oxygen atoms in total. The maximum Gasteiger partial charge on any atom is 0.416 e. The van der Waals surface area contributed by atoms with Crippen LogP contribution in [0.4, 0.5) is 17.6 Å². The summed E-state index contributed by atoms with van der Waals surface area (Å²) in [5.74, 6) is -0.928. The van der Waals surface area contributed by atoms with Crippen molar-refractivity contribution in [3.63, 3.8) is 0 Å². The Morgan fingerprint density at radius 1 is 0.968 bits per heavy atom. The topological polar surface area (TPSA) is 23.6 Å². The summed E-state index contributed by atoms with van der Waals surface area (Å²) in [6.45, 7) is 3.48. The van der Waals surface area contributed by atoms with Gasteiger partial charge in [-0.15, -0.1) is 0 Å². The maximum absolute atomic E-state index is 13.6. The van der Waals surface area contributed by atoms with Crippen LogP contribution in [-0.2, 0) is 6.18 Å². The molecule has 31 heavy (non-hydrogen) atoms. The number of hydrogen-bond donors (Lipinski definition) is 0. The zero-order valence-electron chi connectivity index (χ0n) is 17.2. The number of rotatable bonds is 4. The van der Waals surface area contributed by atoms with E-state index in [1.807, 2.05) is 0 Å². The molecule has 2 aromatic rings. The fourth-order valence-electron chi connectivity index (χ4n) is 4.82. The first-order chi connectivity index (χ1) is 14.8. The molecule has 2 fully saturated rings. The molecule has 166 valence electrons. The molecule has 4 rings (SSSR count). The molecule has 2 aromatic carbocycles. The van der Waals surface area contributed by atoms with Crippen LogP contribution in [0.25, 0.3) is 0 Å². The summed E-state index contributed by atoms with van der Waals surface area (Å²) in [7, 11) is 0. The first kappa shape index (κ1) is 21.8. The van der Waals surface area contributed by atoms with E-state index in [0.29, 0.717) is 18.7 Å². The highest BCUT2D eigenvalue weighted by atomic mass is 19.4. The summed E-state index contributed by atoms with van der Waals surface area (Å²) in [5, 5.41) is 0. The molecule has 0 saturated carbocycles. The lowest BCUT2D eigenvalue weighted by Gasteiger charge is -2.31. The lowest BCUT2D eigenvalue weighted by Crippen LogP contribution is -2.36. The minimum absolute atomic E-state index is 0.0269. The van der Waals surface area contributed by atoms with Crippen LogP contribution in [0.1, 0.15) is 46.7 Å². The van der Waals surface area contributed by atoms with E-state index >= 15 is 0 Å². The van der Waals surface area contributed by atoms with Crippen LogP contribution in [0.3, 0.4) is 0 Å². The van der Waals surface area contributed by atoms with Crippen molar-refractivity contribution in [1.82, 2.24) is 9.80 Å². The Balaban J connectivity index is 1.59. The Morgan fingerprint density at radius 2 is 1.71 bits per heavy atom. The first-order valence-electron chi connectivity index (χ1n) is 10.8. The van der Waals surface area contributed by atoms with E-state index < -0.39 is 17.6 Å². The number of amides is 1. The lowest BCUT2D eigenvalue weighted by molar-refractivity contribution is -0.137. The van der Waals surface area contributed by atoms with Crippen LogP contribution in [0.5, 0.6) is 0 Å². The number of carbonyl (C=O) groups is 1. The standard InChI is InChI=1S/C24H26F4N2O/c25-21-9-5-7-18(13-21)23(31)30-15-19(14-29-10-2-1-3-11-29)22(16-30)17-6-4-8-20(12-17)24(26,27)28/h4-9,12-13,19,22H,1-3,10-11,14-16H2/t19-,22-/m0/s1. The Hall–Kier alpha value is -2.41. The molecule has 2 heterocycles. The number of piperidine rings is 1. The van der Waals surface area contributed by atoms with E-state index in [2.05, 4.69) is 4.90 Å². The Bertz CT molecular complexity index is 924. The van der Waals surface area contributed by atoms with Gasteiger partial charge in [-0.2, -0.15) is 13.2 Å². The van der Waals surface area contributed by atoms with Gasteiger partial charge in [0.25, 0.3) is 5.91 Å². The van der Waals surface area contributed by atoms with Gasteiger partial charge in [-0.3, -0.25) is 4.79 Å². The van der Waals surface area contributed by atoms with Gasteiger partial charge in [0.2, 0.25) is 0 Å². The van der Waals surface area contributed by atoms with Gasteiger partial charge in [-0.05, 0) is 61.7 Å². The monoisotopic (exact) mass is 434 g/mol. The third-order valence-corrected chi connectivity index (χ3v) is 6.38. The molecular weight excluding hydrogens is 408 g/mol. The van der Waals surface area contributed by atoms with Gasteiger partial charge in [0.15, 0.2) is 0 Å². The highest BCUT2D eigenvalue weighted by Gasteiger charge is 2.39. The van der Waals surface area contributed by atoms with Gasteiger partial charge in [0.1, 0.15) is 5.82 Å². The van der Waals surface area contributed by atoms with Crippen molar-refractivity contribution in [1.29, 1.82) is 0 Å². The number of benzene rings is 2. The molecule has 0 bridgehead atoms. The summed E-state index contributed by atoms with van der Waals surface area (Å²) in [6.07, 6.45) is -0.976. The minimum atomic E-state index is -4.41. The van der Waals surface area contributed by atoms with Gasteiger partial charge in [0, 0.05) is 31.1 Å². The van der Waals surface area contributed by atoms with Gasteiger partial charge in [-0.1, -0.05) is 30.7 Å². The zero-order chi connectivity index (χ0) is 22.0. The van der Waals surface area contributed by atoms with E-state index in [4.69, 9.17) is 0 Å². The van der Waals surface area contributed by atoms with E-state index in [0.717, 1.165) is 38.5 Å². The molecule has 2 atom stereocenters. The molecular formula is C24H26F4N2O. The van der Waals surface area contributed by atoms with Gasteiger partial charge in [-0.25, -0.2) is 4.39 Å². The SMILES string of the molecule is O=C(c1cccc(F)c1)N1C[C@H](CN2CCCCC2)[C@H](c2cccc(C(F)(F)F)c2)C1. The predicted molar refractivity (Wildman–Crippen MR) is 110 cm³/mol. The van der Waals surface area contributed by atoms with Crippen molar-refractivity contribution < 1.29 is 22.4 Å². The number of likely N-dealkylation sites (tertiary alicyclic amines) is 2. The second kappa shape index (κ2) is 8.99. The van der Waals surface area contributed by atoms with Crippen molar-refractivity contribution in [2.24, 2.45) is 5.92 Å². The van der Waals surface area contributed by atoms with Crippen molar-refractivity contribution in [3.8, 4) is 0 Å². The van der Waals surface area contributed by atoms with Gasteiger partial charge in [0.05, 0.1) is 5.56 Å². The largest absolute Gasteiger partial charge is 0.416 e. The van der Waals surface area contributed by atoms with Crippen LogP contribution < -0.4 is 0 Å². The van der Waals surface area contributed by atoms with E-state index in [-0.39, 0.29) is 23.3 Å². The highest BCUT2D eigenvalue weighted by Crippen LogP contribution is 2.37. The van der Waals surface area contributed by atoms with Gasteiger partial charge >= 0.3 is 6.18 Å². The molecule has 0 N–H and O–H groups in total. The molecule has 1 amide bonds. The fourth-order valence-corrected chi connectivity index (χ4v) is 4.82. The van der Waals surface area contributed by atoms with Crippen LogP contribution in [0.15, 0.2) is 48.5 Å². The fraction of sp³-hybridized carbons (Fsp3) is 0.458. The number of halogens is 4. The smallest absolute Gasteiger partial charge is 0.338 e. The quantitative estimate of drug-likeness (QED) is 0.619. The second-order valence-corrected chi connectivity index (χ2v) is 8.57. The molecule has 0 radical (unpaired) electrons. The highest BCUT2D eigenvalue weighted by molar-refractivity contribution is 5.94. The summed E-state index contributed by atoms with van der Waals surface area (Å²) in [5.41, 5.74) is 0.199. The van der Waals surface area contributed by atoms with Crippen molar-refractivity contribution >= 4 is 5.91 Å². The van der Waals surface area contributed by atoms with Crippen molar-refractivity contribution in [2.45, 2.75) is 31.4 Å². The third kappa shape index (κ3) is 5.09. The normalized spacial score (nSPS) is 22.6. The molecule has 0 aliphatic carbocycles. The lowest BCUT2D eigenvalue weighted by atomic mass is 9.87. The number of alkyl halides is 3.